The lowest BCUT2D eigenvalue weighted by Crippen LogP contribution is -2.48. The van der Waals surface area contributed by atoms with Crippen molar-refractivity contribution in [2.24, 2.45) is 7.05 Å². The van der Waals surface area contributed by atoms with Gasteiger partial charge in [-0.3, -0.25) is 9.88 Å². The Balaban J connectivity index is 1.51. The Kier molecular flexibility index (Phi) is 4.13. The van der Waals surface area contributed by atoms with Gasteiger partial charge in [-0.25, -0.2) is 9.37 Å². The number of benzene rings is 1. The molecule has 3 aromatic rings. The smallest absolute Gasteiger partial charge is 0.206 e. The number of aromatic nitrogens is 3. The molecule has 3 heterocycles. The Hall–Kier alpha value is -2.47. The van der Waals surface area contributed by atoms with E-state index < -0.39 is 0 Å². The molecule has 1 aromatic carbocycles. The van der Waals surface area contributed by atoms with Gasteiger partial charge in [0.05, 0.1) is 11.2 Å². The van der Waals surface area contributed by atoms with Crippen molar-refractivity contribution in [3.8, 4) is 0 Å². The Morgan fingerprint density at radius 2 is 1.84 bits per heavy atom. The van der Waals surface area contributed by atoms with Crippen molar-refractivity contribution in [1.29, 1.82) is 0 Å². The molecular weight excluding hydrogens is 317 g/mol. The molecule has 0 N–H and O–H groups in total. The number of piperazine rings is 1. The van der Waals surface area contributed by atoms with E-state index in [2.05, 4.69) is 32.8 Å². The number of rotatable bonds is 3. The third-order valence-electron chi connectivity index (χ3n) is 5.10. The molecular formula is C19H22FN5. The Bertz CT molecular complexity index is 868. The molecule has 0 unspecified atom stereocenters. The highest BCUT2D eigenvalue weighted by atomic mass is 19.1. The highest BCUT2D eigenvalue weighted by Gasteiger charge is 2.25. The van der Waals surface area contributed by atoms with E-state index in [-0.39, 0.29) is 5.82 Å². The van der Waals surface area contributed by atoms with Crippen LogP contribution in [-0.4, -0.2) is 45.6 Å². The highest BCUT2D eigenvalue weighted by molar-refractivity contribution is 5.79. The second-order valence-electron chi connectivity index (χ2n) is 6.53. The fraction of sp³-hybridized carbons (Fsp3) is 0.368. The van der Waals surface area contributed by atoms with Gasteiger partial charge in [-0.2, -0.15) is 0 Å². The van der Waals surface area contributed by atoms with Crippen molar-refractivity contribution in [2.45, 2.75) is 13.0 Å². The molecule has 0 aliphatic carbocycles. The van der Waals surface area contributed by atoms with Crippen LogP contribution in [0.2, 0.25) is 0 Å². The second-order valence-corrected chi connectivity index (χ2v) is 6.53. The van der Waals surface area contributed by atoms with E-state index in [1.807, 2.05) is 36.0 Å². The molecule has 130 valence electrons. The van der Waals surface area contributed by atoms with Crippen molar-refractivity contribution in [3.63, 3.8) is 0 Å². The van der Waals surface area contributed by atoms with E-state index in [9.17, 15) is 4.39 Å². The summed E-state index contributed by atoms with van der Waals surface area (Å²) >= 11 is 0. The van der Waals surface area contributed by atoms with E-state index in [1.54, 1.807) is 6.07 Å². The predicted octanol–water partition coefficient (Wildman–Crippen LogP) is 2.99. The van der Waals surface area contributed by atoms with Gasteiger partial charge in [-0.05, 0) is 31.2 Å². The Morgan fingerprint density at radius 3 is 2.52 bits per heavy atom. The number of para-hydroxylation sites is 1. The molecule has 0 radical (unpaired) electrons. The first kappa shape index (κ1) is 16.0. The summed E-state index contributed by atoms with van der Waals surface area (Å²) in [5.74, 6) is 0.576. The topological polar surface area (TPSA) is 37.2 Å². The van der Waals surface area contributed by atoms with Gasteiger partial charge in [0.2, 0.25) is 5.95 Å². The lowest BCUT2D eigenvalue weighted by atomic mass is 10.1. The molecule has 1 aliphatic rings. The summed E-state index contributed by atoms with van der Waals surface area (Å²) in [6.07, 6.45) is 1.84. The molecule has 0 spiro atoms. The van der Waals surface area contributed by atoms with Crippen LogP contribution in [0.3, 0.4) is 0 Å². The van der Waals surface area contributed by atoms with Crippen LogP contribution in [-0.2, 0) is 7.05 Å². The first-order valence-corrected chi connectivity index (χ1v) is 8.66. The van der Waals surface area contributed by atoms with Crippen LogP contribution in [0.4, 0.5) is 10.3 Å². The lowest BCUT2D eigenvalue weighted by Gasteiger charge is -2.38. The fourth-order valence-electron chi connectivity index (χ4n) is 3.57. The average molecular weight is 339 g/mol. The Morgan fingerprint density at radius 1 is 1.04 bits per heavy atom. The molecule has 1 aliphatic heterocycles. The highest BCUT2D eigenvalue weighted by Crippen LogP contribution is 2.26. The van der Waals surface area contributed by atoms with Gasteiger partial charge in [0, 0.05) is 45.5 Å². The van der Waals surface area contributed by atoms with Crippen molar-refractivity contribution >= 4 is 17.0 Å². The summed E-state index contributed by atoms with van der Waals surface area (Å²) in [4.78, 5) is 13.7. The summed E-state index contributed by atoms with van der Waals surface area (Å²) in [5.41, 5.74) is 2.38. The van der Waals surface area contributed by atoms with Gasteiger partial charge in [-0.1, -0.05) is 12.1 Å². The molecule has 4 rings (SSSR count). The summed E-state index contributed by atoms with van der Waals surface area (Å²) < 4.78 is 16.0. The number of pyridine rings is 1. The number of nitrogens with zero attached hydrogens (tertiary/aromatic N) is 5. The molecule has 25 heavy (non-hydrogen) atoms. The minimum Gasteiger partial charge on any atom is -0.340 e. The minimum atomic E-state index is -0.262. The van der Waals surface area contributed by atoms with Crippen LogP contribution in [0.5, 0.6) is 0 Å². The van der Waals surface area contributed by atoms with Crippen molar-refractivity contribution in [3.05, 3.63) is 54.1 Å². The first-order chi connectivity index (χ1) is 12.1. The standard InChI is InChI=1S/C19H22FN5/c1-14(16-7-3-4-9-21-16)24-10-12-25(13-11-24)19-22-18-15(20)6-5-8-17(18)23(19)2/h3-9,14H,10-13H2,1-2H3/t14-/m0/s1. The monoisotopic (exact) mass is 339 g/mol. The molecule has 6 heteroatoms. The zero-order valence-corrected chi connectivity index (χ0v) is 14.6. The van der Waals surface area contributed by atoms with E-state index >= 15 is 0 Å². The van der Waals surface area contributed by atoms with Crippen LogP contribution in [0, 0.1) is 5.82 Å². The summed E-state index contributed by atoms with van der Waals surface area (Å²) in [6.45, 7) is 5.81. The van der Waals surface area contributed by atoms with Gasteiger partial charge in [0.1, 0.15) is 5.52 Å². The van der Waals surface area contributed by atoms with E-state index in [0.29, 0.717) is 11.6 Å². The Labute approximate surface area is 146 Å². The van der Waals surface area contributed by atoms with E-state index in [4.69, 9.17) is 0 Å². The number of anilines is 1. The largest absolute Gasteiger partial charge is 0.340 e. The second kappa shape index (κ2) is 6.44. The number of aryl methyl sites for hydroxylation is 1. The zero-order chi connectivity index (χ0) is 17.4. The van der Waals surface area contributed by atoms with E-state index in [1.165, 1.54) is 6.07 Å². The van der Waals surface area contributed by atoms with Gasteiger partial charge in [-0.15, -0.1) is 0 Å². The quantitative estimate of drug-likeness (QED) is 0.735. The third kappa shape index (κ3) is 2.87. The number of hydrogen-bond acceptors (Lipinski definition) is 4. The molecule has 1 saturated heterocycles. The van der Waals surface area contributed by atoms with Crippen molar-refractivity contribution < 1.29 is 4.39 Å². The normalized spacial score (nSPS) is 17.2. The third-order valence-corrected chi connectivity index (χ3v) is 5.10. The molecule has 1 fully saturated rings. The molecule has 2 aromatic heterocycles. The maximum absolute atomic E-state index is 14.0. The van der Waals surface area contributed by atoms with Gasteiger partial charge >= 0.3 is 0 Å². The van der Waals surface area contributed by atoms with Crippen molar-refractivity contribution in [1.82, 2.24) is 19.4 Å². The summed E-state index contributed by atoms with van der Waals surface area (Å²) in [7, 11) is 1.95. The number of fused-ring (bicyclic) bond motifs is 1. The van der Waals surface area contributed by atoms with Crippen LogP contribution < -0.4 is 4.90 Å². The molecule has 0 amide bonds. The van der Waals surface area contributed by atoms with Gasteiger partial charge in [0.25, 0.3) is 0 Å². The first-order valence-electron chi connectivity index (χ1n) is 8.66. The molecule has 0 bridgehead atoms. The van der Waals surface area contributed by atoms with Crippen LogP contribution in [0.1, 0.15) is 18.7 Å². The molecule has 5 nitrogen and oxygen atoms in total. The average Bonchev–Trinajstić information content (AvgIpc) is 3.00. The van der Waals surface area contributed by atoms with Crippen molar-refractivity contribution in [2.75, 3.05) is 31.1 Å². The predicted molar refractivity (Wildman–Crippen MR) is 97.1 cm³/mol. The zero-order valence-electron chi connectivity index (χ0n) is 14.6. The van der Waals surface area contributed by atoms with Crippen LogP contribution >= 0.6 is 0 Å². The summed E-state index contributed by atoms with van der Waals surface area (Å²) in [6, 6.07) is 11.4. The SMILES string of the molecule is C[C@@H](c1ccccn1)N1CCN(c2nc3c(F)cccc3n2C)CC1. The van der Waals surface area contributed by atoms with Crippen LogP contribution in [0.15, 0.2) is 42.6 Å². The van der Waals surface area contributed by atoms with Crippen LogP contribution in [0.25, 0.3) is 11.0 Å². The number of halogens is 1. The lowest BCUT2D eigenvalue weighted by molar-refractivity contribution is 0.194. The number of imidazole rings is 1. The minimum absolute atomic E-state index is 0.262. The number of hydrogen-bond donors (Lipinski definition) is 0. The fourth-order valence-corrected chi connectivity index (χ4v) is 3.57. The summed E-state index contributed by atoms with van der Waals surface area (Å²) in [5, 5.41) is 0. The molecule has 1 atom stereocenters. The van der Waals surface area contributed by atoms with E-state index in [0.717, 1.165) is 43.3 Å². The maximum Gasteiger partial charge on any atom is 0.206 e. The van der Waals surface area contributed by atoms with Gasteiger partial charge < -0.3 is 9.47 Å². The van der Waals surface area contributed by atoms with Gasteiger partial charge in [0.15, 0.2) is 5.82 Å². The molecule has 0 saturated carbocycles. The maximum atomic E-state index is 14.0.